The minimum absolute atomic E-state index is 0.0238. The fourth-order valence-electron chi connectivity index (χ4n) is 2.61. The first-order valence-electron chi connectivity index (χ1n) is 6.95. The van der Waals surface area contributed by atoms with Gasteiger partial charge < -0.3 is 10.5 Å². The minimum atomic E-state index is -3.63. The van der Waals surface area contributed by atoms with Crippen LogP contribution in [0, 0.1) is 5.92 Å². The molecule has 1 heterocycles. The summed E-state index contributed by atoms with van der Waals surface area (Å²) < 4.78 is 32.3. The summed E-state index contributed by atoms with van der Waals surface area (Å²) in [6, 6.07) is 4.59. The summed E-state index contributed by atoms with van der Waals surface area (Å²) >= 11 is 5.94. The van der Waals surface area contributed by atoms with Gasteiger partial charge in [-0.25, -0.2) is 8.42 Å². The van der Waals surface area contributed by atoms with Gasteiger partial charge >= 0.3 is 0 Å². The molecule has 1 aliphatic heterocycles. The second kappa shape index (κ2) is 6.52. The van der Waals surface area contributed by atoms with Crippen LogP contribution in [0.2, 0.25) is 5.02 Å². The van der Waals surface area contributed by atoms with E-state index in [1.54, 1.807) is 12.1 Å². The van der Waals surface area contributed by atoms with Gasteiger partial charge in [-0.3, -0.25) is 0 Å². The van der Waals surface area contributed by atoms with Crippen molar-refractivity contribution >= 4 is 21.6 Å². The molecule has 0 spiro atoms. The molecular formula is C14H21ClN2O3S. The smallest absolute Gasteiger partial charge is 0.246 e. The third-order valence-electron chi connectivity index (χ3n) is 3.91. The van der Waals surface area contributed by atoms with Crippen molar-refractivity contribution in [3.05, 3.63) is 23.2 Å². The molecule has 1 fully saturated rings. The largest absolute Gasteiger partial charge is 0.495 e. The Bertz CT molecular complexity index is 604. The van der Waals surface area contributed by atoms with E-state index in [0.29, 0.717) is 23.9 Å². The number of benzene rings is 1. The molecule has 2 atom stereocenters. The van der Waals surface area contributed by atoms with E-state index < -0.39 is 10.0 Å². The first-order valence-corrected chi connectivity index (χ1v) is 8.77. The van der Waals surface area contributed by atoms with E-state index >= 15 is 0 Å². The van der Waals surface area contributed by atoms with Gasteiger partial charge in [0.05, 0.1) is 7.11 Å². The molecule has 118 valence electrons. The van der Waals surface area contributed by atoms with Gasteiger partial charge in [-0.2, -0.15) is 4.31 Å². The van der Waals surface area contributed by atoms with Gasteiger partial charge in [0.2, 0.25) is 10.0 Å². The zero-order valence-corrected chi connectivity index (χ0v) is 13.8. The Morgan fingerprint density at radius 3 is 2.81 bits per heavy atom. The van der Waals surface area contributed by atoms with Crippen molar-refractivity contribution in [3.63, 3.8) is 0 Å². The van der Waals surface area contributed by atoms with Gasteiger partial charge in [0.1, 0.15) is 10.6 Å². The van der Waals surface area contributed by atoms with Crippen LogP contribution in [0.25, 0.3) is 0 Å². The van der Waals surface area contributed by atoms with Crippen LogP contribution in [0.5, 0.6) is 5.75 Å². The normalized spacial score (nSPS) is 22.0. The Labute approximate surface area is 131 Å². The van der Waals surface area contributed by atoms with E-state index in [1.807, 2.05) is 6.92 Å². The Morgan fingerprint density at radius 1 is 1.48 bits per heavy atom. The van der Waals surface area contributed by atoms with E-state index in [0.717, 1.165) is 12.8 Å². The molecule has 1 aliphatic rings. The van der Waals surface area contributed by atoms with E-state index in [1.165, 1.54) is 17.5 Å². The molecule has 2 N–H and O–H groups in total. The topological polar surface area (TPSA) is 72.6 Å². The van der Waals surface area contributed by atoms with E-state index in [2.05, 4.69) is 0 Å². The lowest BCUT2D eigenvalue weighted by Crippen LogP contribution is -2.45. The Hall–Kier alpha value is -0.820. The quantitative estimate of drug-likeness (QED) is 0.916. The van der Waals surface area contributed by atoms with Crippen molar-refractivity contribution in [3.8, 4) is 5.75 Å². The molecule has 0 aromatic heterocycles. The molecule has 21 heavy (non-hydrogen) atoms. The molecule has 0 bridgehead atoms. The summed E-state index contributed by atoms with van der Waals surface area (Å²) in [5.74, 6) is 0.487. The van der Waals surface area contributed by atoms with Gasteiger partial charge in [-0.05, 0) is 43.9 Å². The maximum absolute atomic E-state index is 12.8. The first kappa shape index (κ1) is 16.5. The van der Waals surface area contributed by atoms with Crippen molar-refractivity contribution in [1.29, 1.82) is 0 Å². The number of nitrogens with zero attached hydrogens (tertiary/aromatic N) is 1. The fourth-order valence-corrected chi connectivity index (χ4v) is 4.57. The van der Waals surface area contributed by atoms with Crippen molar-refractivity contribution in [2.45, 2.75) is 30.7 Å². The first-order chi connectivity index (χ1) is 9.86. The highest BCUT2D eigenvalue weighted by Crippen LogP contribution is 2.32. The number of methoxy groups -OCH3 is 1. The van der Waals surface area contributed by atoms with Crippen LogP contribution in [-0.2, 0) is 10.0 Å². The van der Waals surface area contributed by atoms with Gasteiger partial charge in [0.25, 0.3) is 0 Å². The number of halogens is 1. The SMILES string of the molecule is COc1ccc(Cl)cc1S(=O)(=O)N1CCCC(C(C)N)C1. The molecule has 5 nitrogen and oxygen atoms in total. The highest BCUT2D eigenvalue weighted by molar-refractivity contribution is 7.89. The second-order valence-corrected chi connectivity index (χ2v) is 7.76. The average Bonchev–Trinajstić information content (AvgIpc) is 2.47. The third-order valence-corrected chi connectivity index (χ3v) is 6.03. The molecule has 1 saturated heterocycles. The molecule has 1 aromatic carbocycles. The van der Waals surface area contributed by atoms with E-state index in [-0.39, 0.29) is 16.9 Å². The number of nitrogens with two attached hydrogens (primary N) is 1. The van der Waals surface area contributed by atoms with E-state index in [9.17, 15) is 8.42 Å². The molecule has 0 radical (unpaired) electrons. The lowest BCUT2D eigenvalue weighted by Gasteiger charge is -2.34. The minimum Gasteiger partial charge on any atom is -0.495 e. The Morgan fingerprint density at radius 2 is 2.19 bits per heavy atom. The van der Waals surface area contributed by atoms with Gasteiger partial charge in [-0.1, -0.05) is 11.6 Å². The summed E-state index contributed by atoms with van der Waals surface area (Å²) in [5.41, 5.74) is 5.92. The predicted octanol–water partition coefficient (Wildman–Crippen LogP) is 2.10. The maximum Gasteiger partial charge on any atom is 0.246 e. The number of rotatable bonds is 4. The maximum atomic E-state index is 12.8. The van der Waals surface area contributed by atoms with Crippen LogP contribution >= 0.6 is 11.6 Å². The zero-order chi connectivity index (χ0) is 15.6. The molecule has 1 aromatic rings. The summed E-state index contributed by atoms with van der Waals surface area (Å²) in [5, 5.41) is 0.370. The van der Waals surface area contributed by atoms with Crippen LogP contribution in [0.3, 0.4) is 0 Å². The summed E-state index contributed by atoms with van der Waals surface area (Å²) in [6.45, 7) is 2.86. The van der Waals surface area contributed by atoms with Crippen molar-refractivity contribution in [2.75, 3.05) is 20.2 Å². The van der Waals surface area contributed by atoms with Crippen LogP contribution in [-0.4, -0.2) is 39.0 Å². The van der Waals surface area contributed by atoms with Gasteiger partial charge in [0, 0.05) is 24.2 Å². The van der Waals surface area contributed by atoms with Crippen LogP contribution in [0.1, 0.15) is 19.8 Å². The number of sulfonamides is 1. The highest BCUT2D eigenvalue weighted by Gasteiger charge is 2.33. The summed E-state index contributed by atoms with van der Waals surface area (Å²) in [6.07, 6.45) is 1.77. The fraction of sp³-hybridized carbons (Fsp3) is 0.571. The standard InChI is InChI=1S/C14H21ClN2O3S/c1-10(16)11-4-3-7-17(9-11)21(18,19)14-8-12(15)5-6-13(14)20-2/h5-6,8,10-11H,3-4,7,9,16H2,1-2H3. The molecular weight excluding hydrogens is 312 g/mol. The Balaban J connectivity index is 2.35. The summed E-state index contributed by atoms with van der Waals surface area (Å²) in [7, 11) is -2.18. The molecule has 0 aliphatic carbocycles. The van der Waals surface area contributed by atoms with E-state index in [4.69, 9.17) is 22.1 Å². The number of piperidine rings is 1. The number of hydrogen-bond acceptors (Lipinski definition) is 4. The number of ether oxygens (including phenoxy) is 1. The average molecular weight is 333 g/mol. The molecule has 7 heteroatoms. The molecule has 0 amide bonds. The van der Waals surface area contributed by atoms with Crippen molar-refractivity contribution in [2.24, 2.45) is 11.7 Å². The zero-order valence-electron chi connectivity index (χ0n) is 12.3. The number of hydrogen-bond donors (Lipinski definition) is 1. The van der Waals surface area contributed by atoms with Gasteiger partial charge in [-0.15, -0.1) is 0 Å². The third kappa shape index (κ3) is 3.51. The summed E-state index contributed by atoms with van der Waals surface area (Å²) in [4.78, 5) is 0.114. The second-order valence-electron chi connectivity index (χ2n) is 5.42. The van der Waals surface area contributed by atoms with Gasteiger partial charge in [0.15, 0.2) is 0 Å². The van der Waals surface area contributed by atoms with Crippen molar-refractivity contribution in [1.82, 2.24) is 4.31 Å². The molecule has 0 saturated carbocycles. The highest BCUT2D eigenvalue weighted by atomic mass is 35.5. The predicted molar refractivity (Wildman–Crippen MR) is 83.1 cm³/mol. The van der Waals surface area contributed by atoms with Crippen molar-refractivity contribution < 1.29 is 13.2 Å². The van der Waals surface area contributed by atoms with Crippen LogP contribution < -0.4 is 10.5 Å². The van der Waals surface area contributed by atoms with Crippen LogP contribution in [0.4, 0.5) is 0 Å². The molecule has 2 rings (SSSR count). The van der Waals surface area contributed by atoms with Crippen LogP contribution in [0.15, 0.2) is 23.1 Å². The molecule has 2 unspecified atom stereocenters. The lowest BCUT2D eigenvalue weighted by atomic mass is 9.93. The lowest BCUT2D eigenvalue weighted by molar-refractivity contribution is 0.242. The monoisotopic (exact) mass is 332 g/mol. The Kier molecular flexibility index (Phi) is 5.14.